The summed E-state index contributed by atoms with van der Waals surface area (Å²) in [7, 11) is 0. The van der Waals surface area contributed by atoms with Crippen LogP contribution in [-0.4, -0.2) is 23.6 Å². The molecule has 1 heterocycles. The molecule has 2 rings (SSSR count). The Hall–Kier alpha value is -1.61. The second-order valence-electron chi connectivity index (χ2n) is 3.80. The van der Waals surface area contributed by atoms with E-state index < -0.39 is 12.6 Å². The van der Waals surface area contributed by atoms with Crippen molar-refractivity contribution < 1.29 is 19.4 Å². The second kappa shape index (κ2) is 6.71. The van der Waals surface area contributed by atoms with Crippen molar-refractivity contribution in [2.75, 3.05) is 11.9 Å². The van der Waals surface area contributed by atoms with E-state index in [9.17, 15) is 9.59 Å². The third kappa shape index (κ3) is 4.20. The summed E-state index contributed by atoms with van der Waals surface area (Å²) in [5, 5.41) is 13.1. The van der Waals surface area contributed by atoms with Gasteiger partial charge in [-0.05, 0) is 40.8 Å². The minimum Gasteiger partial charge on any atom is -0.482 e. The molecule has 2 aromatic rings. The Labute approximate surface area is 132 Å². The highest BCUT2D eigenvalue weighted by Gasteiger charge is 2.09. The molecule has 0 bridgehead atoms. The van der Waals surface area contributed by atoms with Crippen LogP contribution in [-0.2, 0) is 4.79 Å². The van der Waals surface area contributed by atoms with Gasteiger partial charge in [-0.1, -0.05) is 6.07 Å². The number of nitrogens with one attached hydrogen (secondary N) is 1. The average molecular weight is 403 g/mol. The number of carbonyl (C=O) groups excluding carboxylic acids is 1. The summed E-state index contributed by atoms with van der Waals surface area (Å²) in [4.78, 5) is 22.4. The number of thiophene rings is 1. The number of amides is 1. The van der Waals surface area contributed by atoms with Gasteiger partial charge in [0.25, 0.3) is 5.91 Å². The molecule has 0 saturated heterocycles. The first-order chi connectivity index (χ1) is 9.54. The molecule has 0 fully saturated rings. The van der Waals surface area contributed by atoms with Crippen molar-refractivity contribution in [3.05, 3.63) is 44.2 Å². The van der Waals surface area contributed by atoms with Crippen molar-refractivity contribution in [2.24, 2.45) is 0 Å². The van der Waals surface area contributed by atoms with Crippen molar-refractivity contribution in [1.82, 2.24) is 0 Å². The summed E-state index contributed by atoms with van der Waals surface area (Å²) >= 11 is 3.64. The van der Waals surface area contributed by atoms with E-state index >= 15 is 0 Å². The van der Waals surface area contributed by atoms with E-state index in [0.29, 0.717) is 17.0 Å². The Kier molecular flexibility index (Phi) is 4.96. The molecular weight excluding hydrogens is 393 g/mol. The van der Waals surface area contributed by atoms with Crippen molar-refractivity contribution in [1.29, 1.82) is 0 Å². The highest BCUT2D eigenvalue weighted by atomic mass is 127. The van der Waals surface area contributed by atoms with Gasteiger partial charge in [0.05, 0.1) is 8.45 Å². The molecule has 0 aliphatic heterocycles. The first kappa shape index (κ1) is 14.8. The number of halogens is 1. The third-order valence-corrected chi connectivity index (χ3v) is 4.07. The van der Waals surface area contributed by atoms with E-state index in [1.54, 1.807) is 35.7 Å². The maximum Gasteiger partial charge on any atom is 0.341 e. The Balaban J connectivity index is 2.04. The fourth-order valence-electron chi connectivity index (χ4n) is 1.44. The maximum absolute atomic E-state index is 12.0. The zero-order valence-electron chi connectivity index (χ0n) is 10.1. The molecule has 5 nitrogen and oxygen atoms in total. The first-order valence-electron chi connectivity index (χ1n) is 5.54. The molecule has 0 spiro atoms. The van der Waals surface area contributed by atoms with Gasteiger partial charge in [0.1, 0.15) is 5.75 Å². The van der Waals surface area contributed by atoms with E-state index in [-0.39, 0.29) is 5.91 Å². The lowest BCUT2D eigenvalue weighted by Crippen LogP contribution is -2.12. The standard InChI is InChI=1S/C13H10INO4S/c14-11-4-8(7-20-11)13(18)15-9-2-1-3-10(5-9)19-6-12(16)17/h1-5,7H,6H2,(H,15,18)(H,16,17). The number of ether oxygens (including phenoxy) is 1. The molecule has 0 aliphatic rings. The van der Waals surface area contributed by atoms with Crippen molar-refractivity contribution in [2.45, 2.75) is 0 Å². The number of hydrogen-bond acceptors (Lipinski definition) is 4. The van der Waals surface area contributed by atoms with Gasteiger partial charge in [-0.25, -0.2) is 4.79 Å². The molecule has 20 heavy (non-hydrogen) atoms. The Bertz CT molecular complexity index is 641. The molecular formula is C13H10INO4S. The second-order valence-corrected chi connectivity index (χ2v) is 6.61. The minimum absolute atomic E-state index is 0.209. The van der Waals surface area contributed by atoms with Crippen molar-refractivity contribution in [3.63, 3.8) is 0 Å². The summed E-state index contributed by atoms with van der Waals surface area (Å²) < 4.78 is 6.08. The minimum atomic E-state index is -1.05. The predicted molar refractivity (Wildman–Crippen MR) is 84.6 cm³/mol. The molecule has 0 saturated carbocycles. The molecule has 1 aromatic carbocycles. The van der Waals surface area contributed by atoms with Crippen molar-refractivity contribution >= 4 is 51.5 Å². The zero-order valence-corrected chi connectivity index (χ0v) is 13.1. The monoisotopic (exact) mass is 403 g/mol. The largest absolute Gasteiger partial charge is 0.482 e. The quantitative estimate of drug-likeness (QED) is 0.753. The summed E-state index contributed by atoms with van der Waals surface area (Å²) in [6.07, 6.45) is 0. The number of anilines is 1. The fourth-order valence-corrected chi connectivity index (χ4v) is 2.77. The van der Waals surface area contributed by atoms with E-state index in [1.165, 1.54) is 11.3 Å². The van der Waals surface area contributed by atoms with Crippen LogP contribution in [0.1, 0.15) is 10.4 Å². The number of aliphatic carboxylic acids is 1. The van der Waals surface area contributed by atoms with Gasteiger partial charge in [0.2, 0.25) is 0 Å². The number of carboxylic acids is 1. The van der Waals surface area contributed by atoms with E-state index in [4.69, 9.17) is 9.84 Å². The molecule has 1 aromatic heterocycles. The van der Waals surface area contributed by atoms with Gasteiger partial charge in [-0.15, -0.1) is 11.3 Å². The van der Waals surface area contributed by atoms with E-state index in [0.717, 1.165) is 2.88 Å². The Morgan fingerprint density at radius 1 is 1.35 bits per heavy atom. The number of carboxylic acid groups (broad SMARTS) is 1. The van der Waals surface area contributed by atoms with E-state index in [2.05, 4.69) is 27.9 Å². The van der Waals surface area contributed by atoms with Crippen LogP contribution in [0.5, 0.6) is 5.75 Å². The van der Waals surface area contributed by atoms with Gasteiger partial charge in [-0.3, -0.25) is 4.79 Å². The van der Waals surface area contributed by atoms with Crippen LogP contribution >= 0.6 is 33.9 Å². The molecule has 0 aliphatic carbocycles. The normalized spacial score (nSPS) is 10.1. The molecule has 0 unspecified atom stereocenters. The van der Waals surface area contributed by atoms with Crippen LogP contribution in [0.2, 0.25) is 0 Å². The fraction of sp³-hybridized carbons (Fsp3) is 0.0769. The Morgan fingerprint density at radius 3 is 2.80 bits per heavy atom. The lowest BCUT2D eigenvalue weighted by molar-refractivity contribution is -0.139. The number of benzene rings is 1. The topological polar surface area (TPSA) is 75.6 Å². The number of hydrogen-bond donors (Lipinski definition) is 2. The van der Waals surface area contributed by atoms with Crippen LogP contribution in [0, 0.1) is 2.88 Å². The summed E-state index contributed by atoms with van der Waals surface area (Å²) in [5.74, 6) is -0.864. The molecule has 1 amide bonds. The lowest BCUT2D eigenvalue weighted by Gasteiger charge is -2.07. The lowest BCUT2D eigenvalue weighted by atomic mass is 10.2. The zero-order chi connectivity index (χ0) is 14.5. The molecule has 7 heteroatoms. The van der Waals surface area contributed by atoms with Crippen LogP contribution < -0.4 is 10.1 Å². The van der Waals surface area contributed by atoms with Gasteiger partial charge < -0.3 is 15.2 Å². The van der Waals surface area contributed by atoms with Gasteiger partial charge >= 0.3 is 5.97 Å². The van der Waals surface area contributed by atoms with Crippen LogP contribution in [0.15, 0.2) is 35.7 Å². The van der Waals surface area contributed by atoms with Crippen LogP contribution in [0.25, 0.3) is 0 Å². The smallest absolute Gasteiger partial charge is 0.341 e. The molecule has 0 radical (unpaired) electrons. The van der Waals surface area contributed by atoms with Gasteiger partial charge in [0.15, 0.2) is 6.61 Å². The van der Waals surface area contributed by atoms with Gasteiger partial charge in [-0.2, -0.15) is 0 Å². The summed E-state index contributed by atoms with van der Waals surface area (Å²) in [6.45, 7) is -0.417. The van der Waals surface area contributed by atoms with Crippen LogP contribution in [0.4, 0.5) is 5.69 Å². The molecule has 0 atom stereocenters. The SMILES string of the molecule is O=C(O)COc1cccc(NC(=O)c2csc(I)c2)c1. The number of carbonyl (C=O) groups is 2. The average Bonchev–Trinajstić information content (AvgIpc) is 2.84. The third-order valence-electron chi connectivity index (χ3n) is 2.28. The van der Waals surface area contributed by atoms with Crippen LogP contribution in [0.3, 0.4) is 0 Å². The Morgan fingerprint density at radius 2 is 2.15 bits per heavy atom. The summed E-state index contributed by atoms with van der Waals surface area (Å²) in [5.41, 5.74) is 1.15. The van der Waals surface area contributed by atoms with Crippen molar-refractivity contribution in [3.8, 4) is 5.75 Å². The predicted octanol–water partition coefficient (Wildman–Crippen LogP) is 3.07. The highest BCUT2D eigenvalue weighted by Crippen LogP contribution is 2.20. The maximum atomic E-state index is 12.0. The first-order valence-corrected chi connectivity index (χ1v) is 7.50. The van der Waals surface area contributed by atoms with Gasteiger partial charge in [0, 0.05) is 17.1 Å². The molecule has 2 N–H and O–H groups in total. The van der Waals surface area contributed by atoms with E-state index in [1.807, 2.05) is 0 Å². The summed E-state index contributed by atoms with van der Waals surface area (Å²) in [6, 6.07) is 8.41. The number of rotatable bonds is 5. The highest BCUT2D eigenvalue weighted by molar-refractivity contribution is 14.1. The molecule has 104 valence electrons.